The Balaban J connectivity index is 1.16. The molecule has 2 aromatic rings. The number of aromatic nitrogens is 1. The van der Waals surface area contributed by atoms with Crippen LogP contribution in [0.4, 0.5) is 4.79 Å². The monoisotopic (exact) mass is 796 g/mol. The first kappa shape index (κ1) is 39.5. The molecule has 3 saturated heterocycles. The van der Waals surface area contributed by atoms with Crippen LogP contribution in [0.1, 0.15) is 18.5 Å². The van der Waals surface area contributed by atoms with E-state index < -0.39 is 52.7 Å². The van der Waals surface area contributed by atoms with Gasteiger partial charge in [-0.2, -0.15) is 5.01 Å². The van der Waals surface area contributed by atoms with Gasteiger partial charge in [0.25, 0.3) is 5.91 Å². The van der Waals surface area contributed by atoms with Gasteiger partial charge in [0.15, 0.2) is 0 Å². The third-order valence-corrected chi connectivity index (χ3v) is 12.3. The van der Waals surface area contributed by atoms with Gasteiger partial charge in [-0.1, -0.05) is 35.0 Å². The van der Waals surface area contributed by atoms with Gasteiger partial charge in [0.2, 0.25) is 30.4 Å². The Hall–Kier alpha value is -5.18. The van der Waals surface area contributed by atoms with Gasteiger partial charge in [-0.15, -0.1) is 23.5 Å². The molecule has 1 aromatic carbocycles. The average molecular weight is 797 g/mol. The predicted octanol–water partition coefficient (Wildman–Crippen LogP) is -1.73. The molecule has 18 nitrogen and oxygen atoms in total. The van der Waals surface area contributed by atoms with Crippen molar-refractivity contribution in [2.75, 3.05) is 75.5 Å². The Bertz CT molecular complexity index is 1860. The van der Waals surface area contributed by atoms with Gasteiger partial charge in [0.05, 0.1) is 19.7 Å². The second kappa shape index (κ2) is 17.1. The summed E-state index contributed by atoms with van der Waals surface area (Å²) in [5.74, 6) is -4.64. The van der Waals surface area contributed by atoms with E-state index in [1.807, 2.05) is 29.2 Å². The van der Waals surface area contributed by atoms with E-state index in [4.69, 9.17) is 0 Å². The minimum atomic E-state index is -2.06. The molecule has 3 atom stereocenters. The van der Waals surface area contributed by atoms with Crippen molar-refractivity contribution in [3.63, 3.8) is 0 Å². The quantitative estimate of drug-likeness (QED) is 0.0359. The number of aliphatic hydroxyl groups is 1. The van der Waals surface area contributed by atoms with Gasteiger partial charge in [-0.25, -0.2) is 9.59 Å². The van der Waals surface area contributed by atoms with Crippen LogP contribution in [0, 0.1) is 0 Å². The topological polar surface area (TPSA) is 216 Å². The highest BCUT2D eigenvalue weighted by Gasteiger charge is 2.66. The Morgan fingerprint density at radius 3 is 2.36 bits per heavy atom. The number of likely N-dealkylation sites (N-methyl/N-ethyl adjacent to an activating group) is 1. The molecule has 4 aliphatic rings. The number of nitrogens with one attached hydrogen (secondary N) is 3. The lowest BCUT2D eigenvalue weighted by atomic mass is 9.94. The molecule has 292 valence electrons. The van der Waals surface area contributed by atoms with Crippen LogP contribution in [0.5, 0.6) is 0 Å². The number of thioether (sulfide) groups is 2. The van der Waals surface area contributed by atoms with Gasteiger partial charge in [-0.05, 0) is 18.1 Å². The fourth-order valence-electron chi connectivity index (χ4n) is 6.88. The number of rotatable bonds is 14. The largest absolute Gasteiger partial charge is 0.477 e. The van der Waals surface area contributed by atoms with Crippen molar-refractivity contribution in [3.05, 3.63) is 71.7 Å². The summed E-state index contributed by atoms with van der Waals surface area (Å²) >= 11 is 2.57. The Morgan fingerprint density at radius 1 is 1.02 bits per heavy atom. The van der Waals surface area contributed by atoms with Crippen LogP contribution >= 0.6 is 23.5 Å². The van der Waals surface area contributed by atoms with Crippen LogP contribution < -0.4 is 25.6 Å². The Kier molecular flexibility index (Phi) is 12.3. The molecular formula is C35H42N9O9S2+. The maximum atomic E-state index is 14.0. The van der Waals surface area contributed by atoms with Gasteiger partial charge < -0.3 is 31.1 Å². The standard InChI is InChI=1S/C35H41N9O9S2/c1-2-40-14-17-43(30(49)29(40)48)34(53)37-26(23-6-4-3-5-7-23)28(47)38-35(36-22-46)32(52)44-27(31(50)51)24(21-55-33(35)44)20-54-25-8-10-41(11-9-25)42-15-12-39(13-16-42)18-19-45/h3-11,22,26,33,45H,2,12-21H2,1H3,(H3-,36,37,38,46,47,50,51,53)/p+1/t26-,33-,35-/m1/s1. The zero-order valence-corrected chi connectivity index (χ0v) is 31.6. The number of hydrogen-bond donors (Lipinski definition) is 5. The highest BCUT2D eigenvalue weighted by atomic mass is 32.2. The average Bonchev–Trinajstić information content (AvgIpc) is 3.20. The highest BCUT2D eigenvalue weighted by molar-refractivity contribution is 8.01. The van der Waals surface area contributed by atoms with Gasteiger partial charge in [0, 0.05) is 67.8 Å². The van der Waals surface area contributed by atoms with Crippen LogP contribution in [0.3, 0.4) is 0 Å². The van der Waals surface area contributed by atoms with Crippen LogP contribution in [0.25, 0.3) is 0 Å². The number of carbonyl (C=O) groups is 7. The van der Waals surface area contributed by atoms with Crippen LogP contribution in [0.2, 0.25) is 0 Å². The summed E-state index contributed by atoms with van der Waals surface area (Å²) in [6.45, 7) is 6.05. The minimum Gasteiger partial charge on any atom is -0.477 e. The Labute approximate surface area is 324 Å². The minimum absolute atomic E-state index is 0.102. The summed E-state index contributed by atoms with van der Waals surface area (Å²) in [5, 5.41) is 28.1. The number of β-amino-alcohol motifs (C(OH)–C–C–N with tert-alkyl or cyclic N) is 1. The maximum absolute atomic E-state index is 14.0. The van der Waals surface area contributed by atoms with Crippen molar-refractivity contribution < 1.29 is 48.5 Å². The summed E-state index contributed by atoms with van der Waals surface area (Å²) < 4.78 is 2.00. The molecule has 0 aliphatic carbocycles. The fraction of sp³-hybridized carbons (Fsp3) is 0.429. The van der Waals surface area contributed by atoms with Crippen molar-refractivity contribution in [1.82, 2.24) is 35.6 Å². The number of carbonyl (C=O) groups excluding carboxylic acids is 6. The number of β-lactam (4-membered cyclic amide) rings is 1. The number of benzene rings is 1. The number of piperazine rings is 2. The molecule has 6 rings (SSSR count). The summed E-state index contributed by atoms with van der Waals surface area (Å²) in [6, 6.07) is 9.35. The molecule has 0 unspecified atom stereocenters. The molecule has 7 amide bonds. The number of amides is 7. The summed E-state index contributed by atoms with van der Waals surface area (Å²) in [7, 11) is 0. The van der Waals surface area contributed by atoms with E-state index in [0.29, 0.717) is 17.0 Å². The molecule has 3 fully saturated rings. The third-order valence-electron chi connectivity index (χ3n) is 9.85. The molecule has 1 aromatic heterocycles. The number of hydrogen-bond acceptors (Lipinski definition) is 12. The fourth-order valence-corrected chi connectivity index (χ4v) is 9.33. The number of fused-ring (bicyclic) bond motifs is 1. The molecule has 0 bridgehead atoms. The maximum Gasteiger partial charge on any atom is 0.352 e. The number of carboxylic acids is 1. The lowest BCUT2D eigenvalue weighted by molar-refractivity contribution is -0.694. The van der Waals surface area contributed by atoms with Crippen molar-refractivity contribution in [2.24, 2.45) is 0 Å². The van der Waals surface area contributed by atoms with Gasteiger partial charge in [-0.3, -0.25) is 38.7 Å². The zero-order valence-electron chi connectivity index (χ0n) is 30.0. The number of aliphatic carboxylic acids is 1. The lowest BCUT2D eigenvalue weighted by Crippen LogP contribution is -2.85. The van der Waals surface area contributed by atoms with Gasteiger partial charge in [0.1, 0.15) is 17.1 Å². The second-order valence-corrected chi connectivity index (χ2v) is 15.1. The van der Waals surface area contributed by atoms with Crippen molar-refractivity contribution in [3.8, 4) is 0 Å². The van der Waals surface area contributed by atoms with Crippen LogP contribution in [-0.4, -0.2) is 153 Å². The van der Waals surface area contributed by atoms with E-state index in [1.54, 1.807) is 37.3 Å². The molecule has 4 aliphatic heterocycles. The molecule has 0 saturated carbocycles. The van der Waals surface area contributed by atoms with Crippen molar-refractivity contribution in [1.29, 1.82) is 0 Å². The molecular weight excluding hydrogens is 755 g/mol. The smallest absolute Gasteiger partial charge is 0.352 e. The van der Waals surface area contributed by atoms with E-state index in [2.05, 4.69) is 25.9 Å². The second-order valence-electron chi connectivity index (χ2n) is 13.0. The number of nitrogens with zero attached hydrogens (tertiary/aromatic N) is 6. The van der Waals surface area contributed by atoms with E-state index in [-0.39, 0.29) is 55.4 Å². The van der Waals surface area contributed by atoms with E-state index in [9.17, 15) is 43.8 Å². The number of aliphatic hydroxyl groups excluding tert-OH is 1. The lowest BCUT2D eigenvalue weighted by Gasteiger charge is -2.56. The van der Waals surface area contributed by atoms with Crippen LogP contribution in [-0.2, 0) is 28.8 Å². The van der Waals surface area contributed by atoms with E-state index in [0.717, 1.165) is 47.7 Å². The normalized spacial score (nSPS) is 22.1. The van der Waals surface area contributed by atoms with Gasteiger partial charge >= 0.3 is 23.8 Å². The number of urea groups is 1. The first-order valence-electron chi connectivity index (χ1n) is 17.7. The Morgan fingerprint density at radius 2 is 1.73 bits per heavy atom. The SMILES string of the molecule is CCN1CCN(C(=O)N[C@@H](C(=O)N[C@]2(NC=O)C(=O)N3C(C(=O)O)=C(CSc4cc[n+](N5CCN(CCO)CC5)cc4)CS[C@@H]32)c2ccccc2)C(=O)C1=O. The molecule has 55 heavy (non-hydrogen) atoms. The molecule has 20 heteroatoms. The zero-order chi connectivity index (χ0) is 39.3. The third kappa shape index (κ3) is 7.98. The molecule has 5 heterocycles. The number of pyridine rings is 1. The first-order chi connectivity index (χ1) is 26.5. The highest BCUT2D eigenvalue weighted by Crippen LogP contribution is 2.46. The number of carboxylic acid groups (broad SMARTS) is 1. The van der Waals surface area contributed by atoms with E-state index in [1.165, 1.54) is 16.7 Å². The van der Waals surface area contributed by atoms with Crippen molar-refractivity contribution >= 4 is 65.6 Å². The summed E-state index contributed by atoms with van der Waals surface area (Å²) in [6.07, 6.45) is 4.09. The number of imide groups is 1. The summed E-state index contributed by atoms with van der Waals surface area (Å²) in [4.78, 5) is 97.3. The molecule has 0 radical (unpaired) electrons. The predicted molar refractivity (Wildman–Crippen MR) is 198 cm³/mol. The first-order valence-corrected chi connectivity index (χ1v) is 19.7. The molecule has 5 N–H and O–H groups in total. The molecule has 0 spiro atoms. The van der Waals surface area contributed by atoms with Crippen LogP contribution in [0.15, 0.2) is 71.0 Å². The summed E-state index contributed by atoms with van der Waals surface area (Å²) in [5.41, 5.74) is -1.55. The van der Waals surface area contributed by atoms with Crippen molar-refractivity contribution in [2.45, 2.75) is 28.9 Å². The van der Waals surface area contributed by atoms with E-state index >= 15 is 0 Å².